The third kappa shape index (κ3) is 4.57. The van der Waals surface area contributed by atoms with E-state index in [2.05, 4.69) is 20.3 Å². The number of imidazole rings is 1. The highest BCUT2D eigenvalue weighted by atomic mass is 19.4. The van der Waals surface area contributed by atoms with E-state index in [0.717, 1.165) is 6.07 Å². The van der Waals surface area contributed by atoms with Gasteiger partial charge in [0, 0.05) is 19.2 Å². The average molecular weight is 452 g/mol. The summed E-state index contributed by atoms with van der Waals surface area (Å²) in [6.07, 6.45) is -3.13. The molecule has 0 aliphatic heterocycles. The van der Waals surface area contributed by atoms with Crippen LogP contribution in [-0.2, 0) is 19.8 Å². The van der Waals surface area contributed by atoms with Crippen LogP contribution in [0.1, 0.15) is 23.9 Å². The minimum Gasteiger partial charge on any atom is -0.487 e. The standard InChI is InChI=1S/C23H19F3N6O/c1-3-28-21-6-4-5-15(30-21)12-33-20-8-7-14(9-16(20)23(24,25)26)17-10-19-22(18(11-27)31-17)29-13-32(19)2/h4-10,13H,3,12H2,1-2H3,(H,28,30). The van der Waals surface area contributed by atoms with Crippen molar-refractivity contribution in [2.75, 3.05) is 11.9 Å². The Morgan fingerprint density at radius 2 is 1.97 bits per heavy atom. The van der Waals surface area contributed by atoms with Crippen LogP contribution < -0.4 is 10.1 Å². The summed E-state index contributed by atoms with van der Waals surface area (Å²) in [4.78, 5) is 12.7. The molecule has 3 aromatic heterocycles. The van der Waals surface area contributed by atoms with Crippen LogP contribution in [-0.4, -0.2) is 26.1 Å². The number of benzene rings is 1. The first kappa shape index (κ1) is 22.1. The summed E-state index contributed by atoms with van der Waals surface area (Å²) in [6, 6.07) is 12.5. The van der Waals surface area contributed by atoms with Gasteiger partial charge in [0.15, 0.2) is 5.69 Å². The number of pyridine rings is 2. The number of anilines is 1. The van der Waals surface area contributed by atoms with E-state index in [1.807, 2.05) is 13.0 Å². The van der Waals surface area contributed by atoms with E-state index in [-0.39, 0.29) is 29.3 Å². The number of nitriles is 1. The molecular weight excluding hydrogens is 433 g/mol. The van der Waals surface area contributed by atoms with Gasteiger partial charge in [0.1, 0.15) is 29.8 Å². The number of fused-ring (bicyclic) bond motifs is 1. The Hall–Kier alpha value is -4.13. The van der Waals surface area contributed by atoms with Crippen molar-refractivity contribution in [2.24, 2.45) is 7.05 Å². The SMILES string of the molecule is CCNc1cccc(COc2ccc(-c3cc4c(ncn4C)c(C#N)n3)cc2C(F)(F)F)n1. The molecule has 0 radical (unpaired) electrons. The highest BCUT2D eigenvalue weighted by molar-refractivity contribution is 5.84. The second kappa shape index (κ2) is 8.78. The predicted octanol–water partition coefficient (Wildman–Crippen LogP) is 4.93. The molecule has 0 aliphatic rings. The normalized spacial score (nSPS) is 11.4. The van der Waals surface area contributed by atoms with Crippen LogP contribution in [0.25, 0.3) is 22.3 Å². The molecule has 4 rings (SSSR count). The lowest BCUT2D eigenvalue weighted by Gasteiger charge is -2.16. The minimum atomic E-state index is -4.65. The summed E-state index contributed by atoms with van der Waals surface area (Å²) in [6.45, 7) is 2.46. The van der Waals surface area contributed by atoms with Crippen molar-refractivity contribution in [1.29, 1.82) is 5.26 Å². The summed E-state index contributed by atoms with van der Waals surface area (Å²) in [5, 5.41) is 12.5. The molecule has 0 atom stereocenters. The molecular formula is C23H19F3N6O. The number of halogens is 3. The summed E-state index contributed by atoms with van der Waals surface area (Å²) in [7, 11) is 1.73. The third-order valence-corrected chi connectivity index (χ3v) is 4.94. The monoisotopic (exact) mass is 452 g/mol. The number of hydrogen-bond acceptors (Lipinski definition) is 6. The Bertz CT molecular complexity index is 1360. The van der Waals surface area contributed by atoms with E-state index in [9.17, 15) is 18.4 Å². The zero-order valence-electron chi connectivity index (χ0n) is 17.8. The average Bonchev–Trinajstić information content (AvgIpc) is 3.17. The first-order valence-corrected chi connectivity index (χ1v) is 10.1. The second-order valence-electron chi connectivity index (χ2n) is 7.23. The van der Waals surface area contributed by atoms with Crippen molar-refractivity contribution >= 4 is 16.9 Å². The number of nitrogens with one attached hydrogen (secondary N) is 1. The Labute approximate surface area is 187 Å². The topological polar surface area (TPSA) is 88.6 Å². The molecule has 4 aromatic rings. The summed E-state index contributed by atoms with van der Waals surface area (Å²) >= 11 is 0. The van der Waals surface area contributed by atoms with Gasteiger partial charge in [-0.15, -0.1) is 0 Å². The van der Waals surface area contributed by atoms with E-state index in [0.29, 0.717) is 29.1 Å². The Morgan fingerprint density at radius 1 is 1.15 bits per heavy atom. The quantitative estimate of drug-likeness (QED) is 0.446. The first-order chi connectivity index (χ1) is 15.8. The van der Waals surface area contributed by atoms with Crippen molar-refractivity contribution in [3.8, 4) is 23.1 Å². The van der Waals surface area contributed by atoms with Gasteiger partial charge in [0.05, 0.1) is 28.8 Å². The van der Waals surface area contributed by atoms with Crippen LogP contribution in [0.5, 0.6) is 5.75 Å². The Kier molecular flexibility index (Phi) is 5.87. The molecule has 0 saturated heterocycles. The summed E-state index contributed by atoms with van der Waals surface area (Å²) in [5.41, 5.74) is 1.04. The van der Waals surface area contributed by atoms with Crippen LogP contribution in [0, 0.1) is 11.3 Å². The van der Waals surface area contributed by atoms with Gasteiger partial charge in [-0.3, -0.25) is 0 Å². The summed E-state index contributed by atoms with van der Waals surface area (Å²) in [5.74, 6) is 0.305. The van der Waals surface area contributed by atoms with E-state index >= 15 is 0 Å². The van der Waals surface area contributed by atoms with Crippen molar-refractivity contribution in [1.82, 2.24) is 19.5 Å². The number of aryl methyl sites for hydroxylation is 1. The zero-order valence-corrected chi connectivity index (χ0v) is 17.8. The van der Waals surface area contributed by atoms with Gasteiger partial charge in [-0.25, -0.2) is 15.0 Å². The molecule has 10 heteroatoms. The number of aromatic nitrogens is 4. The maximum absolute atomic E-state index is 13.9. The molecule has 3 heterocycles. The Balaban J connectivity index is 1.69. The third-order valence-electron chi connectivity index (χ3n) is 4.94. The van der Waals surface area contributed by atoms with Gasteiger partial charge in [0.2, 0.25) is 0 Å². The largest absolute Gasteiger partial charge is 0.487 e. The molecule has 0 aliphatic carbocycles. The smallest absolute Gasteiger partial charge is 0.419 e. The number of nitrogens with zero attached hydrogens (tertiary/aromatic N) is 5. The molecule has 0 spiro atoms. The van der Waals surface area contributed by atoms with Gasteiger partial charge in [-0.2, -0.15) is 18.4 Å². The maximum atomic E-state index is 13.9. The lowest BCUT2D eigenvalue weighted by molar-refractivity contribution is -0.139. The van der Waals surface area contributed by atoms with Gasteiger partial charge in [-0.05, 0) is 43.3 Å². The van der Waals surface area contributed by atoms with Gasteiger partial charge in [-0.1, -0.05) is 6.07 Å². The van der Waals surface area contributed by atoms with Crippen LogP contribution in [0.4, 0.5) is 19.0 Å². The highest BCUT2D eigenvalue weighted by Crippen LogP contribution is 2.39. The van der Waals surface area contributed by atoms with Crippen LogP contribution >= 0.6 is 0 Å². The van der Waals surface area contributed by atoms with E-state index in [1.165, 1.54) is 18.5 Å². The van der Waals surface area contributed by atoms with Crippen molar-refractivity contribution in [2.45, 2.75) is 19.7 Å². The fourth-order valence-corrected chi connectivity index (χ4v) is 3.38. The molecule has 33 heavy (non-hydrogen) atoms. The lowest BCUT2D eigenvalue weighted by Crippen LogP contribution is -2.10. The van der Waals surface area contributed by atoms with Crippen LogP contribution in [0.3, 0.4) is 0 Å². The minimum absolute atomic E-state index is 0.0450. The zero-order chi connectivity index (χ0) is 23.6. The number of rotatable bonds is 6. The van der Waals surface area contributed by atoms with Crippen molar-refractivity contribution in [3.05, 3.63) is 65.7 Å². The van der Waals surface area contributed by atoms with E-state index in [1.54, 1.807) is 35.9 Å². The fourth-order valence-electron chi connectivity index (χ4n) is 3.38. The fraction of sp³-hybridized carbons (Fsp3) is 0.217. The Morgan fingerprint density at radius 3 is 2.70 bits per heavy atom. The predicted molar refractivity (Wildman–Crippen MR) is 116 cm³/mol. The van der Waals surface area contributed by atoms with Crippen LogP contribution in [0.15, 0.2) is 48.8 Å². The number of ether oxygens (including phenoxy) is 1. The molecule has 1 N–H and O–H groups in total. The molecule has 1 aromatic carbocycles. The summed E-state index contributed by atoms with van der Waals surface area (Å²) < 4.78 is 48.7. The van der Waals surface area contributed by atoms with Crippen molar-refractivity contribution in [3.63, 3.8) is 0 Å². The van der Waals surface area contributed by atoms with Gasteiger partial charge < -0.3 is 14.6 Å². The van der Waals surface area contributed by atoms with E-state index < -0.39 is 11.7 Å². The maximum Gasteiger partial charge on any atom is 0.419 e. The number of hydrogen-bond donors (Lipinski definition) is 1. The molecule has 0 saturated carbocycles. The van der Waals surface area contributed by atoms with Crippen molar-refractivity contribution < 1.29 is 17.9 Å². The highest BCUT2D eigenvalue weighted by Gasteiger charge is 2.35. The first-order valence-electron chi connectivity index (χ1n) is 10.1. The van der Waals surface area contributed by atoms with Gasteiger partial charge in [0.25, 0.3) is 0 Å². The molecule has 0 fully saturated rings. The molecule has 0 bridgehead atoms. The molecule has 0 unspecified atom stereocenters. The van der Waals surface area contributed by atoms with Gasteiger partial charge >= 0.3 is 6.18 Å². The number of alkyl halides is 3. The molecule has 7 nitrogen and oxygen atoms in total. The van der Waals surface area contributed by atoms with Crippen LogP contribution in [0.2, 0.25) is 0 Å². The molecule has 0 amide bonds. The lowest BCUT2D eigenvalue weighted by atomic mass is 10.1. The second-order valence-corrected chi connectivity index (χ2v) is 7.23. The molecule has 168 valence electrons. The van der Waals surface area contributed by atoms with E-state index in [4.69, 9.17) is 4.74 Å².